The van der Waals surface area contributed by atoms with E-state index in [0.717, 1.165) is 11.1 Å². The number of nitrogens with one attached hydrogen (secondary N) is 1. The number of para-hydroxylation sites is 1. The van der Waals surface area contributed by atoms with Crippen LogP contribution in [0.5, 0.6) is 5.75 Å². The van der Waals surface area contributed by atoms with Crippen LogP contribution in [0.2, 0.25) is 0 Å². The zero-order valence-electron chi connectivity index (χ0n) is 14.8. The van der Waals surface area contributed by atoms with Crippen LogP contribution in [-0.2, 0) is 11.4 Å². The molecule has 0 fully saturated rings. The fourth-order valence-electron chi connectivity index (χ4n) is 3.27. The van der Waals surface area contributed by atoms with Crippen molar-refractivity contribution >= 4 is 11.9 Å². The molecule has 0 aliphatic carbocycles. The summed E-state index contributed by atoms with van der Waals surface area (Å²) in [6.45, 7) is 2.22. The third-order valence-electron chi connectivity index (χ3n) is 4.51. The average molecular weight is 361 g/mol. The molecule has 1 aromatic heterocycles. The number of carbonyl (C=O) groups excluding carboxylic acids is 1. The van der Waals surface area contributed by atoms with Crippen LogP contribution in [0.4, 0.5) is 5.95 Å². The highest BCUT2D eigenvalue weighted by molar-refractivity contribution is 5.95. The highest BCUT2D eigenvalue weighted by atomic mass is 16.5. The van der Waals surface area contributed by atoms with Gasteiger partial charge in [-0.2, -0.15) is 10.1 Å². The Morgan fingerprint density at radius 1 is 1.19 bits per heavy atom. The molecule has 4 rings (SSSR count). The minimum absolute atomic E-state index is 0.418. The maximum absolute atomic E-state index is 12.2. The maximum atomic E-state index is 12.2. The highest BCUT2D eigenvalue weighted by Crippen LogP contribution is 2.38. The number of hydrogen-bond acceptors (Lipinski definition) is 5. The number of benzene rings is 2. The number of amides is 1. The number of anilines is 1. The van der Waals surface area contributed by atoms with Gasteiger partial charge in [0.1, 0.15) is 24.7 Å². The number of nitrogens with two attached hydrogens (primary N) is 1. The Morgan fingerprint density at radius 3 is 2.70 bits per heavy atom. The number of hydrogen-bond donors (Lipinski definition) is 2. The van der Waals surface area contributed by atoms with Crippen LogP contribution < -0.4 is 15.8 Å². The van der Waals surface area contributed by atoms with Gasteiger partial charge in [0.25, 0.3) is 0 Å². The largest absolute Gasteiger partial charge is 0.489 e. The topological polar surface area (TPSA) is 95.1 Å². The van der Waals surface area contributed by atoms with Gasteiger partial charge >= 0.3 is 0 Å². The van der Waals surface area contributed by atoms with Crippen LogP contribution in [0.3, 0.4) is 0 Å². The van der Waals surface area contributed by atoms with E-state index in [4.69, 9.17) is 10.5 Å². The summed E-state index contributed by atoms with van der Waals surface area (Å²) >= 11 is 0. The predicted octanol–water partition coefficient (Wildman–Crippen LogP) is 2.63. The van der Waals surface area contributed by atoms with E-state index in [2.05, 4.69) is 15.4 Å². The normalized spacial score (nSPS) is 15.8. The lowest BCUT2D eigenvalue weighted by molar-refractivity contribution is -0.115. The lowest BCUT2D eigenvalue weighted by Crippen LogP contribution is -2.32. The molecule has 0 unspecified atom stereocenters. The zero-order chi connectivity index (χ0) is 18.8. The number of primary amides is 1. The molecular weight excluding hydrogens is 342 g/mol. The molecule has 0 saturated heterocycles. The summed E-state index contributed by atoms with van der Waals surface area (Å²) in [4.78, 5) is 16.4. The van der Waals surface area contributed by atoms with Crippen molar-refractivity contribution in [1.82, 2.24) is 14.8 Å². The molecule has 3 N–H and O–H groups in total. The van der Waals surface area contributed by atoms with Gasteiger partial charge in [-0.05, 0) is 18.6 Å². The molecule has 0 spiro atoms. The van der Waals surface area contributed by atoms with Crippen molar-refractivity contribution in [1.29, 1.82) is 0 Å². The van der Waals surface area contributed by atoms with Gasteiger partial charge in [-0.1, -0.05) is 48.5 Å². The zero-order valence-corrected chi connectivity index (χ0v) is 14.8. The summed E-state index contributed by atoms with van der Waals surface area (Å²) in [5, 5.41) is 7.36. The molecule has 2 heterocycles. The van der Waals surface area contributed by atoms with E-state index in [9.17, 15) is 4.79 Å². The second-order valence-electron chi connectivity index (χ2n) is 6.27. The van der Waals surface area contributed by atoms with Gasteiger partial charge in [-0.15, -0.1) is 0 Å². The Labute approximate surface area is 156 Å². The van der Waals surface area contributed by atoms with Gasteiger partial charge in [0, 0.05) is 11.3 Å². The second-order valence-corrected chi connectivity index (χ2v) is 6.27. The third-order valence-corrected chi connectivity index (χ3v) is 4.51. The van der Waals surface area contributed by atoms with E-state index in [-0.39, 0.29) is 0 Å². The second kappa shape index (κ2) is 6.95. The Balaban J connectivity index is 1.75. The first kappa shape index (κ1) is 16.8. The minimum Gasteiger partial charge on any atom is -0.489 e. The maximum Gasteiger partial charge on any atom is 0.248 e. The number of rotatable bonds is 5. The molecule has 0 bridgehead atoms. The van der Waals surface area contributed by atoms with Crippen LogP contribution in [0.1, 0.15) is 24.1 Å². The van der Waals surface area contributed by atoms with E-state index >= 15 is 0 Å². The van der Waals surface area contributed by atoms with Crippen LogP contribution in [0, 0.1) is 0 Å². The lowest BCUT2D eigenvalue weighted by Gasteiger charge is -2.28. The van der Waals surface area contributed by atoms with Gasteiger partial charge in [-0.25, -0.2) is 4.68 Å². The molecule has 0 radical (unpaired) electrons. The smallest absolute Gasteiger partial charge is 0.248 e. The number of carbonyl (C=O) groups is 1. The van der Waals surface area contributed by atoms with Crippen molar-refractivity contribution < 1.29 is 9.53 Å². The molecule has 136 valence electrons. The van der Waals surface area contributed by atoms with E-state index in [0.29, 0.717) is 29.6 Å². The van der Waals surface area contributed by atoms with Crippen LogP contribution >= 0.6 is 0 Å². The van der Waals surface area contributed by atoms with Crippen molar-refractivity contribution in [2.75, 3.05) is 5.32 Å². The van der Waals surface area contributed by atoms with Crippen LogP contribution in [0.25, 0.3) is 0 Å². The fourth-order valence-corrected chi connectivity index (χ4v) is 3.27. The SMILES string of the molecule is CC1=C(C(N)=O)[C@H](c2ccccc2OCc2ccccc2)n2ncnc2N1. The molecule has 7 heteroatoms. The van der Waals surface area contributed by atoms with Gasteiger partial charge in [-0.3, -0.25) is 4.79 Å². The Bertz CT molecular complexity index is 1010. The third kappa shape index (κ3) is 3.15. The molecule has 7 nitrogen and oxygen atoms in total. The number of fused-ring (bicyclic) bond motifs is 1. The number of allylic oxidation sites excluding steroid dienone is 1. The van der Waals surface area contributed by atoms with Crippen LogP contribution in [0.15, 0.2) is 72.2 Å². The van der Waals surface area contributed by atoms with Crippen molar-refractivity contribution in [3.63, 3.8) is 0 Å². The van der Waals surface area contributed by atoms with Gasteiger partial charge in [0.05, 0.1) is 5.57 Å². The van der Waals surface area contributed by atoms with Crippen molar-refractivity contribution in [2.24, 2.45) is 5.73 Å². The highest BCUT2D eigenvalue weighted by Gasteiger charge is 2.33. The Kier molecular flexibility index (Phi) is 4.33. The fraction of sp³-hybridized carbons (Fsp3) is 0.150. The summed E-state index contributed by atoms with van der Waals surface area (Å²) in [6.07, 6.45) is 1.44. The van der Waals surface area contributed by atoms with Crippen molar-refractivity contribution in [2.45, 2.75) is 19.6 Å². The number of ether oxygens (including phenoxy) is 1. The Morgan fingerprint density at radius 2 is 1.93 bits per heavy atom. The predicted molar refractivity (Wildman–Crippen MR) is 101 cm³/mol. The quantitative estimate of drug-likeness (QED) is 0.728. The van der Waals surface area contributed by atoms with E-state index in [1.165, 1.54) is 6.33 Å². The first-order chi connectivity index (χ1) is 13.1. The molecule has 0 saturated carbocycles. The van der Waals surface area contributed by atoms with E-state index < -0.39 is 11.9 Å². The summed E-state index contributed by atoms with van der Waals surface area (Å²) < 4.78 is 7.73. The summed E-state index contributed by atoms with van der Waals surface area (Å²) in [5.74, 6) is 0.714. The molecule has 27 heavy (non-hydrogen) atoms. The number of aromatic nitrogens is 3. The summed E-state index contributed by atoms with van der Waals surface area (Å²) in [5.41, 5.74) is 8.64. The van der Waals surface area contributed by atoms with Crippen molar-refractivity contribution in [3.8, 4) is 5.75 Å². The average Bonchev–Trinajstić information content (AvgIpc) is 3.14. The monoisotopic (exact) mass is 361 g/mol. The molecule has 1 aliphatic heterocycles. The number of nitrogens with zero attached hydrogens (tertiary/aromatic N) is 3. The summed E-state index contributed by atoms with van der Waals surface area (Å²) in [7, 11) is 0. The van der Waals surface area contributed by atoms with Crippen molar-refractivity contribution in [3.05, 3.63) is 83.3 Å². The van der Waals surface area contributed by atoms with Gasteiger partial charge < -0.3 is 15.8 Å². The van der Waals surface area contributed by atoms with Gasteiger partial charge in [0.2, 0.25) is 11.9 Å². The lowest BCUT2D eigenvalue weighted by atomic mass is 9.94. The first-order valence-corrected chi connectivity index (χ1v) is 8.58. The molecule has 3 aromatic rings. The molecule has 1 amide bonds. The summed E-state index contributed by atoms with van der Waals surface area (Å²) in [6, 6.07) is 17.0. The molecule has 1 aliphatic rings. The molecule has 1 atom stereocenters. The van der Waals surface area contributed by atoms with E-state index in [1.807, 2.05) is 54.6 Å². The molecule has 2 aromatic carbocycles. The van der Waals surface area contributed by atoms with Gasteiger partial charge in [0.15, 0.2) is 0 Å². The molecular formula is C20H19N5O2. The minimum atomic E-state index is -0.510. The first-order valence-electron chi connectivity index (χ1n) is 8.58. The van der Waals surface area contributed by atoms with E-state index in [1.54, 1.807) is 11.6 Å². The standard InChI is InChI=1S/C20H19N5O2/c1-13-17(19(21)26)18(25-20(24-13)22-12-23-25)15-9-5-6-10-16(15)27-11-14-7-3-2-4-8-14/h2-10,12,18H,11H2,1H3,(H2,21,26)(H,22,23,24)/t18-/m0/s1. The van der Waals surface area contributed by atoms with Crippen LogP contribution in [-0.4, -0.2) is 20.7 Å². The Hall–Kier alpha value is -3.61.